The van der Waals surface area contributed by atoms with E-state index in [0.717, 1.165) is 22.7 Å². The van der Waals surface area contributed by atoms with E-state index in [1.165, 1.54) is 0 Å². The van der Waals surface area contributed by atoms with Crippen molar-refractivity contribution in [2.24, 2.45) is 7.05 Å². The highest BCUT2D eigenvalue weighted by molar-refractivity contribution is 5.99. The van der Waals surface area contributed by atoms with Crippen LogP contribution >= 0.6 is 0 Å². The lowest BCUT2D eigenvalue weighted by molar-refractivity contribution is -0.118. The van der Waals surface area contributed by atoms with Gasteiger partial charge in [0.15, 0.2) is 0 Å². The smallest absolute Gasteiger partial charge is 0.251 e. The first kappa shape index (κ1) is 16.1. The summed E-state index contributed by atoms with van der Waals surface area (Å²) in [5.41, 5.74) is 2.49. The van der Waals surface area contributed by atoms with Crippen molar-refractivity contribution >= 4 is 12.0 Å². The molecule has 0 bridgehead atoms. The van der Waals surface area contributed by atoms with Crippen LogP contribution in [0.2, 0.25) is 0 Å². The zero-order valence-electron chi connectivity index (χ0n) is 14.4. The number of imidazole rings is 1. The Hall–Kier alpha value is -3.34. The van der Waals surface area contributed by atoms with Gasteiger partial charge in [0, 0.05) is 25.0 Å². The lowest BCUT2D eigenvalue weighted by atomic mass is 10.0. The van der Waals surface area contributed by atoms with Crippen LogP contribution in [-0.4, -0.2) is 22.1 Å². The molecule has 1 N–H and O–H groups in total. The third kappa shape index (κ3) is 3.11. The number of hydrogen-bond acceptors (Lipinski definition) is 3. The molecular weight excluding hydrogens is 326 g/mol. The summed E-state index contributed by atoms with van der Waals surface area (Å²) >= 11 is 0. The van der Waals surface area contributed by atoms with Crippen molar-refractivity contribution in [1.29, 1.82) is 0 Å². The molecule has 2 heterocycles. The Balaban J connectivity index is 1.64. The van der Waals surface area contributed by atoms with Crippen molar-refractivity contribution in [1.82, 2.24) is 14.9 Å². The highest BCUT2D eigenvalue weighted by Gasteiger charge is 2.24. The molecule has 1 unspecified atom stereocenters. The molecule has 0 aliphatic carbocycles. The number of hydrogen-bond donors (Lipinski definition) is 1. The minimum atomic E-state index is -0.332. The van der Waals surface area contributed by atoms with E-state index in [9.17, 15) is 4.79 Å². The van der Waals surface area contributed by atoms with Gasteiger partial charge in [0.25, 0.3) is 5.91 Å². The molecule has 0 radical (unpaired) electrons. The third-order valence-corrected chi connectivity index (χ3v) is 4.45. The molecule has 1 amide bonds. The number of carbonyl (C=O) groups is 1. The SMILES string of the molecule is Cn1ccnc1C(NC(=O)C1=Cc2ccccc2OC1)c1ccccc1. The number of ether oxygens (including phenoxy) is 1. The highest BCUT2D eigenvalue weighted by atomic mass is 16.5. The molecule has 4 rings (SSSR count). The number of nitrogens with zero attached hydrogens (tertiary/aromatic N) is 2. The average Bonchev–Trinajstić information content (AvgIpc) is 3.12. The molecule has 0 spiro atoms. The maximum absolute atomic E-state index is 12.9. The molecule has 0 saturated heterocycles. The second kappa shape index (κ2) is 6.88. The van der Waals surface area contributed by atoms with E-state index < -0.39 is 0 Å². The second-order valence-corrected chi connectivity index (χ2v) is 6.21. The van der Waals surface area contributed by atoms with E-state index in [1.54, 1.807) is 6.20 Å². The van der Waals surface area contributed by atoms with E-state index in [-0.39, 0.29) is 18.6 Å². The number of carbonyl (C=O) groups excluding carboxylic acids is 1. The van der Waals surface area contributed by atoms with Gasteiger partial charge in [-0.3, -0.25) is 4.79 Å². The van der Waals surface area contributed by atoms with Crippen molar-refractivity contribution in [3.63, 3.8) is 0 Å². The van der Waals surface area contributed by atoms with Gasteiger partial charge >= 0.3 is 0 Å². The summed E-state index contributed by atoms with van der Waals surface area (Å²) in [6.07, 6.45) is 5.49. The summed E-state index contributed by atoms with van der Waals surface area (Å²) < 4.78 is 7.62. The fraction of sp³-hybridized carbons (Fsp3) is 0.143. The van der Waals surface area contributed by atoms with Crippen molar-refractivity contribution in [2.45, 2.75) is 6.04 Å². The van der Waals surface area contributed by atoms with Gasteiger partial charge in [-0.15, -0.1) is 0 Å². The summed E-state index contributed by atoms with van der Waals surface area (Å²) in [6.45, 7) is 0.255. The van der Waals surface area contributed by atoms with Crippen LogP contribution in [0.1, 0.15) is 23.0 Å². The number of fused-ring (bicyclic) bond motifs is 1. The fourth-order valence-electron chi connectivity index (χ4n) is 3.07. The Labute approximate surface area is 152 Å². The third-order valence-electron chi connectivity index (χ3n) is 4.45. The first-order valence-electron chi connectivity index (χ1n) is 8.48. The van der Waals surface area contributed by atoms with E-state index >= 15 is 0 Å². The summed E-state index contributed by atoms with van der Waals surface area (Å²) in [5, 5.41) is 3.11. The molecule has 26 heavy (non-hydrogen) atoms. The van der Waals surface area contributed by atoms with Gasteiger partial charge in [-0.05, 0) is 17.7 Å². The van der Waals surface area contributed by atoms with Gasteiger partial charge in [0.1, 0.15) is 24.2 Å². The Morgan fingerprint density at radius 3 is 2.69 bits per heavy atom. The standard InChI is InChI=1S/C21H19N3O2/c1-24-12-11-22-20(24)19(15-7-3-2-4-8-15)23-21(25)17-13-16-9-5-6-10-18(16)26-14-17/h2-13,19H,14H2,1H3,(H,23,25). The Bertz CT molecular complexity index is 960. The number of aryl methyl sites for hydroxylation is 1. The summed E-state index contributed by atoms with van der Waals surface area (Å²) in [7, 11) is 1.92. The Morgan fingerprint density at radius 1 is 1.15 bits per heavy atom. The van der Waals surface area contributed by atoms with Crippen LogP contribution in [0.3, 0.4) is 0 Å². The molecule has 5 heteroatoms. The largest absolute Gasteiger partial charge is 0.488 e. The van der Waals surface area contributed by atoms with Crippen LogP contribution in [0.25, 0.3) is 6.08 Å². The predicted molar refractivity (Wildman–Crippen MR) is 99.5 cm³/mol. The van der Waals surface area contributed by atoms with E-state index in [1.807, 2.05) is 78.5 Å². The molecule has 130 valence electrons. The van der Waals surface area contributed by atoms with Gasteiger partial charge in [-0.1, -0.05) is 48.5 Å². The van der Waals surface area contributed by atoms with E-state index in [2.05, 4.69) is 10.3 Å². The van der Waals surface area contributed by atoms with Crippen LogP contribution < -0.4 is 10.1 Å². The monoisotopic (exact) mass is 345 g/mol. The maximum atomic E-state index is 12.9. The van der Waals surface area contributed by atoms with Gasteiger partial charge in [0.05, 0.1) is 5.57 Å². The van der Waals surface area contributed by atoms with Crippen molar-refractivity contribution in [2.75, 3.05) is 6.61 Å². The molecule has 1 aliphatic rings. The lowest BCUT2D eigenvalue weighted by Crippen LogP contribution is -2.34. The molecular formula is C21H19N3O2. The maximum Gasteiger partial charge on any atom is 0.251 e. The molecule has 2 aromatic carbocycles. The van der Waals surface area contributed by atoms with Gasteiger partial charge < -0.3 is 14.6 Å². The molecule has 1 atom stereocenters. The van der Waals surface area contributed by atoms with E-state index in [4.69, 9.17) is 4.74 Å². The lowest BCUT2D eigenvalue weighted by Gasteiger charge is -2.22. The van der Waals surface area contributed by atoms with Crippen LogP contribution in [0.4, 0.5) is 0 Å². The number of rotatable bonds is 4. The summed E-state index contributed by atoms with van der Waals surface area (Å²) in [6, 6.07) is 17.2. The van der Waals surface area contributed by atoms with Gasteiger partial charge in [0.2, 0.25) is 0 Å². The number of para-hydroxylation sites is 1. The van der Waals surface area contributed by atoms with Crippen LogP contribution in [0.5, 0.6) is 5.75 Å². The zero-order chi connectivity index (χ0) is 17.9. The number of benzene rings is 2. The average molecular weight is 345 g/mol. The van der Waals surface area contributed by atoms with Crippen molar-refractivity contribution in [3.05, 3.63) is 89.5 Å². The summed E-state index contributed by atoms with van der Waals surface area (Å²) in [5.74, 6) is 1.42. The molecule has 3 aromatic rings. The molecule has 0 fully saturated rings. The normalized spacial score (nSPS) is 14.0. The van der Waals surface area contributed by atoms with Crippen LogP contribution in [0.15, 0.2) is 72.6 Å². The topological polar surface area (TPSA) is 56.2 Å². The molecule has 1 aromatic heterocycles. The minimum Gasteiger partial charge on any atom is -0.488 e. The van der Waals surface area contributed by atoms with Crippen molar-refractivity contribution in [3.8, 4) is 5.75 Å². The summed E-state index contributed by atoms with van der Waals surface area (Å²) in [4.78, 5) is 17.3. The Morgan fingerprint density at radius 2 is 1.92 bits per heavy atom. The van der Waals surface area contributed by atoms with Crippen LogP contribution in [-0.2, 0) is 11.8 Å². The first-order chi connectivity index (χ1) is 12.7. The quantitative estimate of drug-likeness (QED) is 0.790. The highest BCUT2D eigenvalue weighted by Crippen LogP contribution is 2.27. The van der Waals surface area contributed by atoms with Crippen molar-refractivity contribution < 1.29 is 9.53 Å². The van der Waals surface area contributed by atoms with E-state index in [0.29, 0.717) is 5.57 Å². The predicted octanol–water partition coefficient (Wildman–Crippen LogP) is 3.10. The van der Waals surface area contributed by atoms with Gasteiger partial charge in [-0.25, -0.2) is 4.98 Å². The number of nitrogens with one attached hydrogen (secondary N) is 1. The molecule has 0 saturated carbocycles. The minimum absolute atomic E-state index is 0.156. The fourth-order valence-corrected chi connectivity index (χ4v) is 3.07. The van der Waals surface area contributed by atoms with Crippen LogP contribution in [0, 0.1) is 0 Å². The zero-order valence-corrected chi connectivity index (χ0v) is 14.4. The molecule has 5 nitrogen and oxygen atoms in total. The Kier molecular flexibility index (Phi) is 4.27. The number of amides is 1. The number of aromatic nitrogens is 2. The molecule has 1 aliphatic heterocycles. The first-order valence-corrected chi connectivity index (χ1v) is 8.48. The second-order valence-electron chi connectivity index (χ2n) is 6.21. The van der Waals surface area contributed by atoms with Gasteiger partial charge in [-0.2, -0.15) is 0 Å².